The van der Waals surface area contributed by atoms with E-state index in [1.807, 2.05) is 24.4 Å². The summed E-state index contributed by atoms with van der Waals surface area (Å²) < 4.78 is 0.919. The van der Waals surface area contributed by atoms with Crippen LogP contribution in [0.15, 0.2) is 36.2 Å². The van der Waals surface area contributed by atoms with Crippen LogP contribution < -0.4 is 0 Å². The summed E-state index contributed by atoms with van der Waals surface area (Å²) in [6.45, 7) is 1.94. The second-order valence-corrected chi connectivity index (χ2v) is 6.83. The molecule has 0 N–H and O–H groups in total. The zero-order valence-corrected chi connectivity index (χ0v) is 13.7. The Balaban J connectivity index is 1.88. The number of hydrogen-bond donors (Lipinski definition) is 0. The summed E-state index contributed by atoms with van der Waals surface area (Å²) in [6, 6.07) is 4.01. The minimum atomic E-state index is 0.477. The Morgan fingerprint density at radius 2 is 2.00 bits per heavy atom. The van der Waals surface area contributed by atoms with Crippen molar-refractivity contribution < 1.29 is 4.79 Å². The van der Waals surface area contributed by atoms with Gasteiger partial charge in [-0.15, -0.1) is 22.7 Å². The van der Waals surface area contributed by atoms with Crippen LogP contribution >= 0.6 is 22.7 Å². The normalized spacial score (nSPS) is 11.0. The first-order valence-electron chi connectivity index (χ1n) is 6.83. The van der Waals surface area contributed by atoms with Crippen molar-refractivity contribution >= 4 is 39.0 Å². The molecule has 0 aliphatic carbocycles. The fourth-order valence-corrected chi connectivity index (χ4v) is 4.19. The third-order valence-corrected chi connectivity index (χ3v) is 5.59. The fraction of sp³-hybridized carbons (Fsp3) is 0.0625. The van der Waals surface area contributed by atoms with Gasteiger partial charge < -0.3 is 0 Å². The Bertz CT molecular complexity index is 1010. The van der Waals surface area contributed by atoms with Crippen molar-refractivity contribution in [1.29, 1.82) is 0 Å². The molecule has 0 radical (unpaired) electrons. The van der Waals surface area contributed by atoms with Crippen molar-refractivity contribution in [2.75, 3.05) is 0 Å². The van der Waals surface area contributed by atoms with Gasteiger partial charge >= 0.3 is 0 Å². The van der Waals surface area contributed by atoms with Gasteiger partial charge in [-0.05, 0) is 29.8 Å². The maximum Gasteiger partial charge on any atom is 0.169 e. The number of pyridine rings is 1. The van der Waals surface area contributed by atoms with Crippen molar-refractivity contribution in [2.24, 2.45) is 0 Å². The number of carbonyl (C=O) groups excluding carboxylic acids is 1. The smallest absolute Gasteiger partial charge is 0.169 e. The van der Waals surface area contributed by atoms with Crippen LogP contribution in [0.2, 0.25) is 0 Å². The second kappa shape index (κ2) is 5.60. The lowest BCUT2D eigenvalue weighted by atomic mass is 10.2. The van der Waals surface area contributed by atoms with Crippen LogP contribution in [0.25, 0.3) is 31.2 Å². The number of carbonyl (C=O) groups is 1. The third kappa shape index (κ3) is 2.43. The van der Waals surface area contributed by atoms with Gasteiger partial charge in [-0.25, -0.2) is 19.9 Å². The Morgan fingerprint density at radius 3 is 2.78 bits per heavy atom. The number of rotatable bonds is 3. The van der Waals surface area contributed by atoms with E-state index in [4.69, 9.17) is 0 Å². The molecule has 4 heterocycles. The minimum Gasteiger partial charge on any atom is -0.296 e. The highest BCUT2D eigenvalue weighted by Gasteiger charge is 2.15. The lowest BCUT2D eigenvalue weighted by molar-refractivity contribution is 0.112. The highest BCUT2D eigenvalue weighted by atomic mass is 32.1. The van der Waals surface area contributed by atoms with E-state index in [0.717, 1.165) is 43.2 Å². The zero-order valence-electron chi connectivity index (χ0n) is 12.1. The molecule has 0 aliphatic rings. The van der Waals surface area contributed by atoms with Crippen molar-refractivity contribution in [3.8, 4) is 21.1 Å². The molecule has 0 bridgehead atoms. The Kier molecular flexibility index (Phi) is 3.44. The molecule has 7 heteroatoms. The molecule has 5 nitrogen and oxygen atoms in total. The monoisotopic (exact) mass is 338 g/mol. The summed E-state index contributed by atoms with van der Waals surface area (Å²) >= 11 is 3.06. The third-order valence-electron chi connectivity index (χ3n) is 3.41. The van der Waals surface area contributed by atoms with Gasteiger partial charge in [-0.2, -0.15) is 0 Å². The number of nitrogens with zero attached hydrogens (tertiary/aromatic N) is 4. The van der Waals surface area contributed by atoms with E-state index in [1.54, 1.807) is 12.4 Å². The predicted octanol–water partition coefficient (Wildman–Crippen LogP) is 4.00. The zero-order chi connectivity index (χ0) is 15.8. The van der Waals surface area contributed by atoms with Crippen LogP contribution in [0, 0.1) is 6.92 Å². The quantitative estimate of drug-likeness (QED) is 0.528. The first-order chi connectivity index (χ1) is 11.3. The number of hydrogen-bond acceptors (Lipinski definition) is 7. The van der Waals surface area contributed by atoms with Gasteiger partial charge in [-0.3, -0.25) is 4.79 Å². The number of thiazole rings is 1. The van der Waals surface area contributed by atoms with E-state index in [1.165, 1.54) is 29.0 Å². The summed E-state index contributed by atoms with van der Waals surface area (Å²) in [4.78, 5) is 29.5. The van der Waals surface area contributed by atoms with E-state index in [0.29, 0.717) is 5.69 Å². The molecule has 0 fully saturated rings. The number of thiophene rings is 1. The molecule has 0 saturated carbocycles. The van der Waals surface area contributed by atoms with Crippen LogP contribution in [0.5, 0.6) is 0 Å². The largest absolute Gasteiger partial charge is 0.296 e. The molecule has 0 saturated heterocycles. The summed E-state index contributed by atoms with van der Waals surface area (Å²) in [7, 11) is 0. The number of aldehydes is 1. The van der Waals surface area contributed by atoms with Crippen LogP contribution in [0.1, 0.15) is 16.2 Å². The van der Waals surface area contributed by atoms with E-state index in [9.17, 15) is 4.79 Å². The van der Waals surface area contributed by atoms with Gasteiger partial charge in [0.2, 0.25) is 0 Å². The van der Waals surface area contributed by atoms with Crippen LogP contribution in [0.4, 0.5) is 0 Å². The van der Waals surface area contributed by atoms with Crippen molar-refractivity contribution in [1.82, 2.24) is 19.9 Å². The molecule has 0 aliphatic heterocycles. The van der Waals surface area contributed by atoms with E-state index in [2.05, 4.69) is 19.9 Å². The molecule has 0 aromatic carbocycles. The van der Waals surface area contributed by atoms with Gasteiger partial charge in [0.15, 0.2) is 6.29 Å². The Hall–Kier alpha value is -2.51. The molecule has 0 unspecified atom stereocenters. The Morgan fingerprint density at radius 1 is 1.17 bits per heavy atom. The number of aryl methyl sites for hydroxylation is 1. The van der Waals surface area contributed by atoms with Gasteiger partial charge in [0.1, 0.15) is 17.0 Å². The molecule has 0 atom stereocenters. The number of fused-ring (bicyclic) bond motifs is 1. The van der Waals surface area contributed by atoms with E-state index < -0.39 is 0 Å². The number of aromatic nitrogens is 4. The Labute approximate surface area is 139 Å². The fourth-order valence-electron chi connectivity index (χ4n) is 2.36. The molecule has 23 heavy (non-hydrogen) atoms. The summed E-state index contributed by atoms with van der Waals surface area (Å²) in [5.74, 6) is 0. The first kappa shape index (κ1) is 14.1. The highest BCUT2D eigenvalue weighted by molar-refractivity contribution is 7.18. The van der Waals surface area contributed by atoms with Crippen LogP contribution in [-0.2, 0) is 0 Å². The van der Waals surface area contributed by atoms with Crippen LogP contribution in [0.3, 0.4) is 0 Å². The second-order valence-electron chi connectivity index (χ2n) is 4.91. The van der Waals surface area contributed by atoms with Gasteiger partial charge in [0, 0.05) is 18.0 Å². The molecule has 4 aromatic rings. The summed E-state index contributed by atoms with van der Waals surface area (Å²) in [6.07, 6.45) is 5.78. The molecule has 4 aromatic heterocycles. The van der Waals surface area contributed by atoms with Gasteiger partial charge in [0.25, 0.3) is 0 Å². The molecule has 4 rings (SSSR count). The lowest BCUT2D eigenvalue weighted by Gasteiger charge is -2.01. The standard InChI is InChI=1S/C16H10N4OS2/c1-9-14(23-16(19-9)11-5-17-8-18-6-11)12-4-10-2-3-22-15(10)13(7-21)20-12/h2-8H,1H3. The first-order valence-corrected chi connectivity index (χ1v) is 8.52. The molecule has 0 spiro atoms. The SMILES string of the molecule is Cc1nc(-c2cncnc2)sc1-c1cc2ccsc2c(C=O)n1. The average molecular weight is 338 g/mol. The van der Waals surface area contributed by atoms with Crippen molar-refractivity contribution in [3.05, 3.63) is 47.6 Å². The van der Waals surface area contributed by atoms with Crippen molar-refractivity contribution in [2.45, 2.75) is 6.92 Å². The van der Waals surface area contributed by atoms with Crippen molar-refractivity contribution in [3.63, 3.8) is 0 Å². The lowest BCUT2D eigenvalue weighted by Crippen LogP contribution is -1.90. The minimum absolute atomic E-state index is 0.477. The van der Waals surface area contributed by atoms with Gasteiger partial charge in [-0.1, -0.05) is 0 Å². The average Bonchev–Trinajstić information content (AvgIpc) is 3.21. The topological polar surface area (TPSA) is 68.6 Å². The van der Waals surface area contributed by atoms with Gasteiger partial charge in [0.05, 0.1) is 21.0 Å². The molecule has 112 valence electrons. The van der Waals surface area contributed by atoms with E-state index in [-0.39, 0.29) is 0 Å². The maximum atomic E-state index is 11.3. The molecule has 0 amide bonds. The molecular weight excluding hydrogens is 328 g/mol. The summed E-state index contributed by atoms with van der Waals surface area (Å²) in [5, 5.41) is 3.84. The summed E-state index contributed by atoms with van der Waals surface area (Å²) in [5.41, 5.74) is 3.01. The van der Waals surface area contributed by atoms with Crippen LogP contribution in [-0.4, -0.2) is 26.2 Å². The maximum absolute atomic E-state index is 11.3. The predicted molar refractivity (Wildman–Crippen MR) is 91.9 cm³/mol. The van der Waals surface area contributed by atoms with E-state index >= 15 is 0 Å². The highest BCUT2D eigenvalue weighted by Crippen LogP contribution is 2.36. The molecular formula is C16H10N4OS2.